The highest BCUT2D eigenvalue weighted by atomic mass is 32.2. The fraction of sp³-hybridized carbons (Fsp3) is 0.308. The maximum absolute atomic E-state index is 14.0. The number of primary sulfonamides is 1. The van der Waals surface area contributed by atoms with Gasteiger partial charge in [-0.3, -0.25) is 9.69 Å². The van der Waals surface area contributed by atoms with E-state index in [-0.39, 0.29) is 48.5 Å². The normalized spacial score (nSPS) is 19.4. The third kappa shape index (κ3) is 5.25. The number of amides is 1. The Morgan fingerprint density at radius 2 is 1.85 bits per heavy atom. The van der Waals surface area contributed by atoms with Crippen molar-refractivity contribution in [1.82, 2.24) is 9.97 Å². The Bertz CT molecular complexity index is 1570. The molecule has 13 heteroatoms. The van der Waals surface area contributed by atoms with Gasteiger partial charge in [-0.25, -0.2) is 27.3 Å². The second-order valence-electron chi connectivity index (χ2n) is 9.60. The zero-order valence-corrected chi connectivity index (χ0v) is 21.7. The molecule has 0 bridgehead atoms. The smallest absolute Gasteiger partial charge is 0.254 e. The van der Waals surface area contributed by atoms with Crippen LogP contribution in [0.1, 0.15) is 38.2 Å². The highest BCUT2D eigenvalue weighted by Gasteiger charge is 2.44. The SMILES string of the molecule is C[C@@H]1C(=O)N(c2cccc(C#N)c2)c2cnc(Nc3ccc(S(N)(=O)=O)cc3)nc2N1C1CCC(F)(F)CC1. The largest absolute Gasteiger partial charge is 0.340 e. The second kappa shape index (κ2) is 9.87. The molecule has 5 rings (SSSR count). The van der Waals surface area contributed by atoms with Crippen molar-refractivity contribution in [3.05, 3.63) is 60.3 Å². The molecule has 0 saturated heterocycles. The molecule has 0 unspecified atom stereocenters. The molecule has 1 aromatic heterocycles. The van der Waals surface area contributed by atoms with Crippen LogP contribution in [0.25, 0.3) is 0 Å². The predicted molar refractivity (Wildman–Crippen MR) is 141 cm³/mol. The average molecular weight is 554 g/mol. The van der Waals surface area contributed by atoms with Crippen molar-refractivity contribution in [3.8, 4) is 6.07 Å². The third-order valence-electron chi connectivity index (χ3n) is 6.98. The van der Waals surface area contributed by atoms with Crippen LogP contribution >= 0.6 is 0 Å². The molecule has 1 aliphatic heterocycles. The number of fused-ring (bicyclic) bond motifs is 1. The first-order valence-electron chi connectivity index (χ1n) is 12.2. The van der Waals surface area contributed by atoms with Gasteiger partial charge in [0, 0.05) is 24.6 Å². The van der Waals surface area contributed by atoms with Crippen LogP contribution in [0, 0.1) is 11.3 Å². The van der Waals surface area contributed by atoms with E-state index < -0.39 is 22.0 Å². The number of sulfonamides is 1. The number of anilines is 5. The summed E-state index contributed by atoms with van der Waals surface area (Å²) >= 11 is 0. The number of carbonyl (C=O) groups is 1. The third-order valence-corrected chi connectivity index (χ3v) is 7.91. The van der Waals surface area contributed by atoms with Crippen LogP contribution in [0.15, 0.2) is 59.6 Å². The summed E-state index contributed by atoms with van der Waals surface area (Å²) in [5.41, 5.74) is 1.68. The number of carbonyl (C=O) groups excluding carboxylic acids is 1. The molecule has 10 nitrogen and oxygen atoms in total. The molecule has 0 radical (unpaired) electrons. The van der Waals surface area contributed by atoms with Gasteiger partial charge in [0.2, 0.25) is 21.9 Å². The minimum absolute atomic E-state index is 0.0535. The van der Waals surface area contributed by atoms with Crippen LogP contribution in [-0.2, 0) is 14.8 Å². The second-order valence-corrected chi connectivity index (χ2v) is 11.2. The van der Waals surface area contributed by atoms with Gasteiger partial charge in [0.25, 0.3) is 5.91 Å². The molecule has 0 spiro atoms. The molecule has 1 amide bonds. The van der Waals surface area contributed by atoms with Crippen molar-refractivity contribution in [2.24, 2.45) is 5.14 Å². The van der Waals surface area contributed by atoms with E-state index in [1.165, 1.54) is 35.4 Å². The van der Waals surface area contributed by atoms with E-state index in [0.717, 1.165) is 0 Å². The standard InChI is InChI=1S/C26H25F2N7O3S/c1-16-24(36)35(20-4-2-3-17(13-20)14-29)22-15-31-25(32-18-5-7-21(8-6-18)39(30,37)38)33-23(22)34(16)19-9-11-26(27,28)12-10-19/h2-8,13,15-16,19H,9-12H2,1H3,(H2,30,37,38)(H,31,32,33)/t16-/m1/s1. The van der Waals surface area contributed by atoms with Crippen LogP contribution < -0.4 is 20.3 Å². The van der Waals surface area contributed by atoms with E-state index in [2.05, 4.69) is 16.4 Å². The minimum Gasteiger partial charge on any atom is -0.340 e. The Morgan fingerprint density at radius 1 is 1.15 bits per heavy atom. The summed E-state index contributed by atoms with van der Waals surface area (Å²) in [6.45, 7) is 1.71. The summed E-state index contributed by atoms with van der Waals surface area (Å²) in [6, 6.07) is 13.3. The lowest BCUT2D eigenvalue weighted by atomic mass is 9.89. The summed E-state index contributed by atoms with van der Waals surface area (Å²) in [5.74, 6) is -2.49. The quantitative estimate of drug-likeness (QED) is 0.478. The van der Waals surface area contributed by atoms with E-state index in [9.17, 15) is 27.3 Å². The number of alkyl halides is 2. The van der Waals surface area contributed by atoms with E-state index in [4.69, 9.17) is 10.1 Å². The Labute approximate surface area is 224 Å². The number of nitrogens with one attached hydrogen (secondary N) is 1. The molecule has 1 atom stereocenters. The van der Waals surface area contributed by atoms with Crippen molar-refractivity contribution in [3.63, 3.8) is 0 Å². The predicted octanol–water partition coefficient (Wildman–Crippen LogP) is 4.19. The molecule has 1 saturated carbocycles. The lowest BCUT2D eigenvalue weighted by Crippen LogP contribution is -2.56. The van der Waals surface area contributed by atoms with Crippen LogP contribution in [0.5, 0.6) is 0 Å². The number of benzene rings is 2. The fourth-order valence-electron chi connectivity index (χ4n) is 5.01. The molecule has 2 heterocycles. The molecule has 1 aliphatic carbocycles. The number of aromatic nitrogens is 2. The van der Waals surface area contributed by atoms with Gasteiger partial charge in [-0.1, -0.05) is 6.07 Å². The number of hydrogen-bond donors (Lipinski definition) is 2. The van der Waals surface area contributed by atoms with Gasteiger partial charge in [-0.15, -0.1) is 0 Å². The first-order chi connectivity index (χ1) is 18.5. The number of nitrogens with zero attached hydrogens (tertiary/aromatic N) is 5. The molecule has 2 aromatic carbocycles. The van der Waals surface area contributed by atoms with Crippen molar-refractivity contribution in [2.45, 2.75) is 55.5 Å². The van der Waals surface area contributed by atoms with E-state index in [1.807, 2.05) is 0 Å². The first kappa shape index (κ1) is 26.5. The van der Waals surface area contributed by atoms with Gasteiger partial charge in [0.05, 0.1) is 28.4 Å². The summed E-state index contributed by atoms with van der Waals surface area (Å²) in [7, 11) is -3.86. The van der Waals surface area contributed by atoms with Gasteiger partial charge in [-0.05, 0) is 62.2 Å². The van der Waals surface area contributed by atoms with Crippen molar-refractivity contribution in [1.29, 1.82) is 5.26 Å². The summed E-state index contributed by atoms with van der Waals surface area (Å²) in [4.78, 5) is 25.9. The zero-order chi connectivity index (χ0) is 27.9. The number of nitrogens with two attached hydrogens (primary N) is 1. The maximum Gasteiger partial charge on any atom is 0.254 e. The molecule has 3 N–H and O–H groups in total. The number of nitriles is 1. The summed E-state index contributed by atoms with van der Waals surface area (Å²) < 4.78 is 51.1. The molecule has 1 fully saturated rings. The Balaban J connectivity index is 1.56. The van der Waals surface area contributed by atoms with Crippen molar-refractivity contribution < 1.29 is 22.0 Å². The Hall–Kier alpha value is -4.15. The van der Waals surface area contributed by atoms with Gasteiger partial charge in [0.1, 0.15) is 11.7 Å². The lowest BCUT2D eigenvalue weighted by Gasteiger charge is -2.46. The first-order valence-corrected chi connectivity index (χ1v) is 13.8. The van der Waals surface area contributed by atoms with Crippen LogP contribution in [0.4, 0.5) is 37.6 Å². The highest BCUT2D eigenvalue weighted by molar-refractivity contribution is 7.89. The van der Waals surface area contributed by atoms with Gasteiger partial charge in [0.15, 0.2) is 5.82 Å². The van der Waals surface area contributed by atoms with Gasteiger partial charge < -0.3 is 10.2 Å². The molecule has 202 valence electrons. The lowest BCUT2D eigenvalue weighted by molar-refractivity contribution is -0.119. The number of hydrogen-bond acceptors (Lipinski definition) is 8. The van der Waals surface area contributed by atoms with Crippen LogP contribution in [0.3, 0.4) is 0 Å². The monoisotopic (exact) mass is 553 g/mol. The number of halogens is 2. The van der Waals surface area contributed by atoms with E-state index in [0.29, 0.717) is 28.4 Å². The molecule has 39 heavy (non-hydrogen) atoms. The molecular formula is C26H25F2N7O3S. The van der Waals surface area contributed by atoms with Crippen molar-refractivity contribution in [2.75, 3.05) is 15.1 Å². The maximum atomic E-state index is 14.0. The number of rotatable bonds is 5. The topological polar surface area (TPSA) is 145 Å². The highest BCUT2D eigenvalue weighted by Crippen LogP contribution is 2.44. The fourth-order valence-corrected chi connectivity index (χ4v) is 5.53. The minimum atomic E-state index is -3.86. The van der Waals surface area contributed by atoms with E-state index >= 15 is 0 Å². The van der Waals surface area contributed by atoms with Crippen LogP contribution in [-0.4, -0.2) is 42.3 Å². The average Bonchev–Trinajstić information content (AvgIpc) is 2.90. The summed E-state index contributed by atoms with van der Waals surface area (Å²) in [6.07, 6.45) is 1.28. The molecular weight excluding hydrogens is 528 g/mol. The van der Waals surface area contributed by atoms with Crippen LogP contribution in [0.2, 0.25) is 0 Å². The molecule has 3 aromatic rings. The Kier molecular flexibility index (Phi) is 6.69. The molecule has 2 aliphatic rings. The van der Waals surface area contributed by atoms with E-state index in [1.54, 1.807) is 36.1 Å². The summed E-state index contributed by atoms with van der Waals surface area (Å²) in [5, 5.41) is 17.6. The Morgan fingerprint density at radius 3 is 2.49 bits per heavy atom. The van der Waals surface area contributed by atoms with Gasteiger partial charge >= 0.3 is 0 Å². The zero-order valence-electron chi connectivity index (χ0n) is 20.9. The van der Waals surface area contributed by atoms with Gasteiger partial charge in [-0.2, -0.15) is 10.2 Å². The van der Waals surface area contributed by atoms with Crippen molar-refractivity contribution >= 4 is 44.8 Å².